The maximum atomic E-state index is 9.01. The first-order chi connectivity index (χ1) is 11.8. The van der Waals surface area contributed by atoms with Crippen LogP contribution >= 0.6 is 0 Å². The Labute approximate surface area is 141 Å². The summed E-state index contributed by atoms with van der Waals surface area (Å²) in [5.74, 6) is 0. The smallest absolute Gasteiger partial charge is 0.0991 e. The van der Waals surface area contributed by atoms with E-state index in [0.29, 0.717) is 5.56 Å². The molecule has 0 amide bonds. The Morgan fingerprint density at radius 3 is 2.25 bits per heavy atom. The second-order valence-electron chi connectivity index (χ2n) is 5.85. The predicted octanol–water partition coefficient (Wildman–Crippen LogP) is 5.23. The Morgan fingerprint density at radius 2 is 1.50 bits per heavy atom. The molecule has 0 saturated carbocycles. The Balaban J connectivity index is 1.87. The minimum absolute atomic E-state index is 0.685. The van der Waals surface area contributed by atoms with E-state index in [9.17, 15) is 0 Å². The Bertz CT molecular complexity index is 1020. The Kier molecular flexibility index (Phi) is 3.61. The average molecular weight is 308 g/mol. The third-order valence-corrected chi connectivity index (χ3v) is 4.30. The van der Waals surface area contributed by atoms with Crippen molar-refractivity contribution in [2.45, 2.75) is 6.54 Å². The molecule has 0 aliphatic heterocycles. The molecule has 0 radical (unpaired) electrons. The van der Waals surface area contributed by atoms with Crippen LogP contribution in [0.4, 0.5) is 0 Å². The first-order valence-corrected chi connectivity index (χ1v) is 7.98. The first-order valence-electron chi connectivity index (χ1n) is 7.98. The standard InChI is InChI=1S/C22H16N2/c23-15-17-10-12-19(13-11-17)22-14-20-8-4-5-9-21(20)24(22)16-18-6-2-1-3-7-18/h1-14H,16H2. The fraction of sp³-hybridized carbons (Fsp3) is 0.0455. The number of hydrogen-bond acceptors (Lipinski definition) is 1. The van der Waals surface area contributed by atoms with Gasteiger partial charge in [-0.15, -0.1) is 0 Å². The highest BCUT2D eigenvalue weighted by Crippen LogP contribution is 2.29. The van der Waals surface area contributed by atoms with Crippen LogP contribution in [0.15, 0.2) is 84.9 Å². The number of aromatic nitrogens is 1. The minimum Gasteiger partial charge on any atom is -0.336 e. The summed E-state index contributed by atoms with van der Waals surface area (Å²) in [5, 5.41) is 10.2. The highest BCUT2D eigenvalue weighted by atomic mass is 15.0. The summed E-state index contributed by atoms with van der Waals surface area (Å²) in [6.07, 6.45) is 0. The second kappa shape index (κ2) is 6.06. The molecule has 24 heavy (non-hydrogen) atoms. The highest BCUT2D eigenvalue weighted by Gasteiger charge is 2.11. The minimum atomic E-state index is 0.685. The van der Waals surface area contributed by atoms with Gasteiger partial charge in [-0.05, 0) is 35.4 Å². The Hall–Kier alpha value is -3.31. The van der Waals surface area contributed by atoms with Crippen molar-refractivity contribution < 1.29 is 0 Å². The van der Waals surface area contributed by atoms with Crippen molar-refractivity contribution in [1.29, 1.82) is 5.26 Å². The van der Waals surface area contributed by atoms with E-state index in [0.717, 1.165) is 12.1 Å². The van der Waals surface area contributed by atoms with E-state index in [1.165, 1.54) is 22.2 Å². The second-order valence-corrected chi connectivity index (χ2v) is 5.85. The van der Waals surface area contributed by atoms with Gasteiger partial charge in [-0.25, -0.2) is 0 Å². The molecule has 4 aromatic rings. The summed E-state index contributed by atoms with van der Waals surface area (Å²) in [5.41, 5.74) is 5.48. The molecule has 1 heterocycles. The van der Waals surface area contributed by atoms with Crippen LogP contribution in [-0.4, -0.2) is 4.57 Å². The van der Waals surface area contributed by atoms with E-state index in [4.69, 9.17) is 5.26 Å². The van der Waals surface area contributed by atoms with E-state index in [2.05, 4.69) is 65.2 Å². The number of hydrogen-bond donors (Lipinski definition) is 0. The Morgan fingerprint density at radius 1 is 0.792 bits per heavy atom. The normalized spacial score (nSPS) is 10.6. The van der Waals surface area contributed by atoms with Gasteiger partial charge in [-0.1, -0.05) is 60.7 Å². The number of rotatable bonds is 3. The molecule has 0 unspecified atom stereocenters. The molecule has 0 aliphatic carbocycles. The fourth-order valence-electron chi connectivity index (χ4n) is 3.10. The van der Waals surface area contributed by atoms with Crippen LogP contribution in [0, 0.1) is 11.3 Å². The largest absolute Gasteiger partial charge is 0.336 e. The summed E-state index contributed by atoms with van der Waals surface area (Å²) < 4.78 is 2.34. The lowest BCUT2D eigenvalue weighted by atomic mass is 10.1. The molecular weight excluding hydrogens is 292 g/mol. The number of para-hydroxylation sites is 1. The monoisotopic (exact) mass is 308 g/mol. The maximum Gasteiger partial charge on any atom is 0.0991 e. The third-order valence-electron chi connectivity index (χ3n) is 4.30. The number of fused-ring (bicyclic) bond motifs is 1. The lowest BCUT2D eigenvalue weighted by Gasteiger charge is -2.11. The van der Waals surface area contributed by atoms with Crippen LogP contribution in [0.5, 0.6) is 0 Å². The van der Waals surface area contributed by atoms with Gasteiger partial charge in [0, 0.05) is 23.1 Å². The van der Waals surface area contributed by atoms with Crippen molar-refractivity contribution >= 4 is 10.9 Å². The van der Waals surface area contributed by atoms with Crippen LogP contribution in [0.1, 0.15) is 11.1 Å². The first kappa shape index (κ1) is 14.3. The molecule has 2 nitrogen and oxygen atoms in total. The molecule has 4 rings (SSSR count). The van der Waals surface area contributed by atoms with Crippen LogP contribution in [-0.2, 0) is 6.54 Å². The lowest BCUT2D eigenvalue weighted by Crippen LogP contribution is -2.01. The van der Waals surface area contributed by atoms with Gasteiger partial charge < -0.3 is 4.57 Å². The van der Waals surface area contributed by atoms with E-state index in [1.54, 1.807) is 0 Å². The molecular formula is C22H16N2. The summed E-state index contributed by atoms with van der Waals surface area (Å²) in [6, 6.07) is 31.1. The van der Waals surface area contributed by atoms with Crippen molar-refractivity contribution in [2.75, 3.05) is 0 Å². The van der Waals surface area contributed by atoms with E-state index >= 15 is 0 Å². The molecule has 114 valence electrons. The highest BCUT2D eigenvalue weighted by molar-refractivity contribution is 5.87. The zero-order valence-corrected chi connectivity index (χ0v) is 13.2. The summed E-state index contributed by atoms with van der Waals surface area (Å²) in [4.78, 5) is 0. The lowest BCUT2D eigenvalue weighted by molar-refractivity contribution is 0.845. The molecule has 0 N–H and O–H groups in total. The molecule has 0 atom stereocenters. The topological polar surface area (TPSA) is 28.7 Å². The molecule has 0 spiro atoms. The van der Waals surface area contributed by atoms with Gasteiger partial charge in [0.05, 0.1) is 11.6 Å². The summed E-state index contributed by atoms with van der Waals surface area (Å²) >= 11 is 0. The number of nitriles is 1. The van der Waals surface area contributed by atoms with Gasteiger partial charge in [-0.2, -0.15) is 5.26 Å². The van der Waals surface area contributed by atoms with E-state index in [-0.39, 0.29) is 0 Å². The average Bonchev–Trinajstić information content (AvgIpc) is 3.01. The van der Waals surface area contributed by atoms with Crippen LogP contribution in [0.25, 0.3) is 22.2 Å². The fourth-order valence-corrected chi connectivity index (χ4v) is 3.10. The summed E-state index contributed by atoms with van der Waals surface area (Å²) in [6.45, 7) is 0.823. The maximum absolute atomic E-state index is 9.01. The molecule has 0 bridgehead atoms. The SMILES string of the molecule is N#Cc1ccc(-c2cc3ccccc3n2Cc2ccccc2)cc1. The zero-order chi connectivity index (χ0) is 16.4. The van der Waals surface area contributed by atoms with Crippen molar-refractivity contribution in [3.63, 3.8) is 0 Å². The van der Waals surface area contributed by atoms with Crippen molar-refractivity contribution in [2.24, 2.45) is 0 Å². The quantitative estimate of drug-likeness (QED) is 0.509. The molecule has 1 aromatic heterocycles. The van der Waals surface area contributed by atoms with Crippen LogP contribution in [0.2, 0.25) is 0 Å². The molecule has 3 aromatic carbocycles. The van der Waals surface area contributed by atoms with E-state index < -0.39 is 0 Å². The van der Waals surface area contributed by atoms with Gasteiger partial charge in [0.25, 0.3) is 0 Å². The summed E-state index contributed by atoms with van der Waals surface area (Å²) in [7, 11) is 0. The van der Waals surface area contributed by atoms with Crippen LogP contribution < -0.4 is 0 Å². The van der Waals surface area contributed by atoms with E-state index in [1.807, 2.05) is 30.3 Å². The van der Waals surface area contributed by atoms with Gasteiger partial charge in [0.15, 0.2) is 0 Å². The molecule has 2 heteroatoms. The predicted molar refractivity (Wildman–Crippen MR) is 97.6 cm³/mol. The van der Waals surface area contributed by atoms with Gasteiger partial charge in [-0.3, -0.25) is 0 Å². The van der Waals surface area contributed by atoms with Gasteiger partial charge >= 0.3 is 0 Å². The molecule has 0 aliphatic rings. The number of nitrogens with zero attached hydrogens (tertiary/aromatic N) is 2. The molecule has 0 saturated heterocycles. The number of benzene rings is 3. The van der Waals surface area contributed by atoms with Crippen LogP contribution in [0.3, 0.4) is 0 Å². The van der Waals surface area contributed by atoms with Gasteiger partial charge in [0.1, 0.15) is 0 Å². The zero-order valence-electron chi connectivity index (χ0n) is 13.2. The molecule has 0 fully saturated rings. The van der Waals surface area contributed by atoms with Gasteiger partial charge in [0.2, 0.25) is 0 Å². The van der Waals surface area contributed by atoms with Crippen molar-refractivity contribution in [3.05, 3.63) is 96.1 Å². The van der Waals surface area contributed by atoms with Crippen molar-refractivity contribution in [3.8, 4) is 17.3 Å². The third kappa shape index (κ3) is 2.57. The van der Waals surface area contributed by atoms with Crippen molar-refractivity contribution in [1.82, 2.24) is 4.57 Å².